The molecule has 0 amide bonds. The van der Waals surface area contributed by atoms with Crippen LogP contribution in [0.5, 0.6) is 0 Å². The monoisotopic (exact) mass is 356 g/mol. The van der Waals surface area contributed by atoms with Gasteiger partial charge < -0.3 is 4.57 Å². The summed E-state index contributed by atoms with van der Waals surface area (Å²) in [6.45, 7) is 2.16. The minimum atomic E-state index is -2.90. The van der Waals surface area contributed by atoms with Crippen LogP contribution in [0.25, 0.3) is 10.8 Å². The average molecular weight is 356 g/mol. The zero-order valence-electron chi connectivity index (χ0n) is 14.8. The maximum absolute atomic E-state index is 14.4. The van der Waals surface area contributed by atoms with Crippen LogP contribution in [0.2, 0.25) is 0 Å². The molecule has 0 aliphatic rings. The van der Waals surface area contributed by atoms with Crippen LogP contribution in [-0.4, -0.2) is 0 Å². The second-order valence-electron chi connectivity index (χ2n) is 6.50. The molecule has 4 rings (SSSR count). The van der Waals surface area contributed by atoms with Gasteiger partial charge >= 0.3 is 0 Å². The van der Waals surface area contributed by atoms with Crippen molar-refractivity contribution in [3.05, 3.63) is 103 Å². The van der Waals surface area contributed by atoms with Gasteiger partial charge in [-0.25, -0.2) is 0 Å². The summed E-state index contributed by atoms with van der Waals surface area (Å²) in [6.07, 6.45) is 1.02. The lowest BCUT2D eigenvalue weighted by Gasteiger charge is -2.20. The molecular formula is C24H21OP. The molecule has 0 unspecified atom stereocenters. The second kappa shape index (κ2) is 6.94. The van der Waals surface area contributed by atoms with E-state index in [2.05, 4.69) is 37.3 Å². The summed E-state index contributed by atoms with van der Waals surface area (Å²) < 4.78 is 14.4. The van der Waals surface area contributed by atoms with Gasteiger partial charge in [0.2, 0.25) is 0 Å². The van der Waals surface area contributed by atoms with E-state index in [4.69, 9.17) is 0 Å². The summed E-state index contributed by atoms with van der Waals surface area (Å²) in [5.41, 5.74) is 1.32. The van der Waals surface area contributed by atoms with Crippen molar-refractivity contribution in [2.75, 3.05) is 0 Å². The van der Waals surface area contributed by atoms with Gasteiger partial charge in [-0.1, -0.05) is 97.9 Å². The Morgan fingerprint density at radius 1 is 0.615 bits per heavy atom. The molecular weight excluding hydrogens is 335 g/mol. The molecule has 0 aliphatic carbocycles. The third-order valence-electron chi connectivity index (χ3n) is 4.90. The summed E-state index contributed by atoms with van der Waals surface area (Å²) in [4.78, 5) is 0. The molecule has 0 N–H and O–H groups in total. The van der Waals surface area contributed by atoms with E-state index in [0.717, 1.165) is 27.7 Å². The molecule has 0 fully saturated rings. The molecule has 0 saturated heterocycles. The highest BCUT2D eigenvalue weighted by Gasteiger charge is 2.29. The fourth-order valence-corrected chi connectivity index (χ4v) is 6.11. The van der Waals surface area contributed by atoms with E-state index in [-0.39, 0.29) is 0 Å². The SMILES string of the molecule is CCc1ccc2cc(P(=O)(c3ccccc3)c3ccccc3)ccc2c1. The molecule has 128 valence electrons. The Morgan fingerprint density at radius 3 is 1.73 bits per heavy atom. The molecule has 0 heterocycles. The van der Waals surface area contributed by atoms with Crippen molar-refractivity contribution in [1.82, 2.24) is 0 Å². The van der Waals surface area contributed by atoms with Crippen molar-refractivity contribution in [3.63, 3.8) is 0 Å². The summed E-state index contributed by atoms with van der Waals surface area (Å²) in [7, 11) is -2.90. The summed E-state index contributed by atoms with van der Waals surface area (Å²) in [6, 6.07) is 32.4. The van der Waals surface area contributed by atoms with E-state index in [1.165, 1.54) is 10.9 Å². The molecule has 2 heteroatoms. The molecule has 0 radical (unpaired) electrons. The Bertz CT molecular complexity index is 1040. The van der Waals surface area contributed by atoms with Gasteiger partial charge in [-0.15, -0.1) is 0 Å². The van der Waals surface area contributed by atoms with E-state index in [1.54, 1.807) is 0 Å². The molecule has 1 nitrogen and oxygen atoms in total. The van der Waals surface area contributed by atoms with Gasteiger partial charge in [0.25, 0.3) is 0 Å². The third-order valence-corrected chi connectivity index (χ3v) is 7.96. The zero-order chi connectivity index (χ0) is 18.0. The standard InChI is InChI=1S/C24H21OP/c1-2-19-13-14-21-18-24(16-15-20(21)17-19)26(25,22-9-5-3-6-10-22)23-11-7-4-8-12-23/h3-18H,2H2,1H3. The Hall–Kier alpha value is -2.63. The third kappa shape index (κ3) is 2.89. The minimum Gasteiger partial charge on any atom is -0.309 e. The number of benzene rings is 4. The largest absolute Gasteiger partial charge is 0.309 e. The van der Waals surface area contributed by atoms with E-state index in [0.29, 0.717) is 0 Å². The van der Waals surface area contributed by atoms with Gasteiger partial charge in [0.1, 0.15) is 0 Å². The normalized spacial score (nSPS) is 11.6. The van der Waals surface area contributed by atoms with Crippen LogP contribution in [0.15, 0.2) is 97.1 Å². The van der Waals surface area contributed by atoms with Crippen LogP contribution in [0.4, 0.5) is 0 Å². The predicted octanol–water partition coefficient (Wildman–Crippen LogP) is 5.04. The van der Waals surface area contributed by atoms with Gasteiger partial charge in [0.05, 0.1) is 0 Å². The van der Waals surface area contributed by atoms with Crippen LogP contribution in [0, 0.1) is 0 Å². The molecule has 0 aliphatic heterocycles. The Kier molecular flexibility index (Phi) is 4.49. The van der Waals surface area contributed by atoms with Crippen LogP contribution in [0.3, 0.4) is 0 Å². The van der Waals surface area contributed by atoms with Crippen molar-refractivity contribution >= 4 is 33.8 Å². The number of rotatable bonds is 4. The Balaban J connectivity index is 1.95. The van der Waals surface area contributed by atoms with E-state index < -0.39 is 7.14 Å². The number of aryl methyl sites for hydroxylation is 1. The van der Waals surface area contributed by atoms with Crippen LogP contribution >= 0.6 is 7.14 Å². The predicted molar refractivity (Wildman–Crippen MR) is 113 cm³/mol. The quantitative estimate of drug-likeness (QED) is 0.468. The fourth-order valence-electron chi connectivity index (χ4n) is 3.42. The molecule has 4 aromatic rings. The lowest BCUT2D eigenvalue weighted by Crippen LogP contribution is -2.24. The molecule has 0 aromatic heterocycles. The second-order valence-corrected chi connectivity index (χ2v) is 9.27. The Labute approximate surface area is 154 Å². The summed E-state index contributed by atoms with van der Waals surface area (Å²) in [5, 5.41) is 4.95. The van der Waals surface area contributed by atoms with E-state index >= 15 is 0 Å². The van der Waals surface area contributed by atoms with Gasteiger partial charge in [0, 0.05) is 15.9 Å². The van der Waals surface area contributed by atoms with Crippen LogP contribution in [-0.2, 0) is 11.0 Å². The first-order valence-electron chi connectivity index (χ1n) is 8.96. The lowest BCUT2D eigenvalue weighted by molar-refractivity contribution is 0.592. The minimum absolute atomic E-state index is 0.871. The molecule has 0 spiro atoms. The number of hydrogen-bond donors (Lipinski definition) is 0. The molecule has 0 saturated carbocycles. The maximum Gasteiger partial charge on any atom is 0.171 e. The molecule has 0 bridgehead atoms. The highest BCUT2D eigenvalue weighted by Crippen LogP contribution is 2.42. The van der Waals surface area contributed by atoms with Gasteiger partial charge in [-0.05, 0) is 28.8 Å². The van der Waals surface area contributed by atoms with Crippen molar-refractivity contribution in [2.24, 2.45) is 0 Å². The average Bonchev–Trinajstić information content (AvgIpc) is 2.73. The van der Waals surface area contributed by atoms with Crippen LogP contribution in [0.1, 0.15) is 12.5 Å². The highest BCUT2D eigenvalue weighted by molar-refractivity contribution is 7.85. The Morgan fingerprint density at radius 2 is 1.15 bits per heavy atom. The smallest absolute Gasteiger partial charge is 0.171 e. The fraction of sp³-hybridized carbons (Fsp3) is 0.0833. The van der Waals surface area contributed by atoms with E-state index in [9.17, 15) is 4.57 Å². The van der Waals surface area contributed by atoms with Gasteiger partial charge in [-0.3, -0.25) is 0 Å². The molecule has 4 aromatic carbocycles. The van der Waals surface area contributed by atoms with Gasteiger partial charge in [-0.2, -0.15) is 0 Å². The maximum atomic E-state index is 14.4. The first-order valence-corrected chi connectivity index (χ1v) is 10.7. The van der Waals surface area contributed by atoms with E-state index in [1.807, 2.05) is 66.7 Å². The topological polar surface area (TPSA) is 17.1 Å². The van der Waals surface area contributed by atoms with Crippen molar-refractivity contribution < 1.29 is 4.57 Å². The molecule has 26 heavy (non-hydrogen) atoms. The summed E-state index contributed by atoms with van der Waals surface area (Å²) in [5.74, 6) is 0. The molecule has 0 atom stereocenters. The van der Waals surface area contributed by atoms with Crippen molar-refractivity contribution in [2.45, 2.75) is 13.3 Å². The highest BCUT2D eigenvalue weighted by atomic mass is 31.2. The van der Waals surface area contributed by atoms with Crippen molar-refractivity contribution in [1.29, 1.82) is 0 Å². The first kappa shape index (κ1) is 16.8. The number of fused-ring (bicyclic) bond motifs is 1. The van der Waals surface area contributed by atoms with Crippen LogP contribution < -0.4 is 15.9 Å². The van der Waals surface area contributed by atoms with Crippen molar-refractivity contribution in [3.8, 4) is 0 Å². The number of hydrogen-bond acceptors (Lipinski definition) is 1. The first-order chi connectivity index (χ1) is 12.7. The zero-order valence-corrected chi connectivity index (χ0v) is 15.7. The summed E-state index contributed by atoms with van der Waals surface area (Å²) >= 11 is 0. The van der Waals surface area contributed by atoms with Gasteiger partial charge in [0.15, 0.2) is 7.14 Å². The lowest BCUT2D eigenvalue weighted by atomic mass is 10.1.